The van der Waals surface area contributed by atoms with Gasteiger partial charge in [-0.15, -0.1) is 0 Å². The van der Waals surface area contributed by atoms with Crippen molar-refractivity contribution in [3.8, 4) is 6.07 Å². The first-order chi connectivity index (χ1) is 7.22. The Bertz CT molecular complexity index is 436. The summed E-state index contributed by atoms with van der Waals surface area (Å²) in [6.07, 6.45) is 0.374. The number of rotatable bonds is 2. The molecular formula is C11H11N3O. The van der Waals surface area contributed by atoms with Gasteiger partial charge in [0.25, 0.3) is 0 Å². The topological polar surface area (TPSA) is 78.9 Å². The van der Waals surface area contributed by atoms with Gasteiger partial charge in [-0.1, -0.05) is 18.2 Å². The number of amides is 1. The molecule has 0 aliphatic carbocycles. The summed E-state index contributed by atoms with van der Waals surface area (Å²) in [5.41, 5.74) is 7.30. The first-order valence-corrected chi connectivity index (χ1v) is 4.77. The zero-order valence-electron chi connectivity index (χ0n) is 8.10. The van der Waals surface area contributed by atoms with Gasteiger partial charge in [0.2, 0.25) is 5.91 Å². The van der Waals surface area contributed by atoms with Crippen molar-refractivity contribution in [3.63, 3.8) is 0 Å². The highest BCUT2D eigenvalue weighted by Crippen LogP contribution is 2.34. The predicted molar refractivity (Wildman–Crippen MR) is 56.0 cm³/mol. The second-order valence-corrected chi connectivity index (χ2v) is 3.60. The van der Waals surface area contributed by atoms with Crippen LogP contribution in [0, 0.1) is 11.3 Å². The van der Waals surface area contributed by atoms with Crippen molar-refractivity contribution < 1.29 is 4.79 Å². The number of carbonyl (C=O) groups excluding carboxylic acids is 1. The van der Waals surface area contributed by atoms with Crippen LogP contribution in [0.4, 0.5) is 5.69 Å². The van der Waals surface area contributed by atoms with Crippen LogP contribution in [0.5, 0.6) is 0 Å². The number of hydrogen-bond acceptors (Lipinski definition) is 3. The SMILES string of the molecule is N#CC(N)CC1C(=O)Nc2ccccc21. The maximum absolute atomic E-state index is 11.6. The number of nitrogens with two attached hydrogens (primary N) is 1. The third kappa shape index (κ3) is 1.69. The van der Waals surface area contributed by atoms with E-state index >= 15 is 0 Å². The predicted octanol–water partition coefficient (Wildman–Crippen LogP) is 0.963. The van der Waals surface area contributed by atoms with Crippen molar-refractivity contribution in [1.82, 2.24) is 0 Å². The summed E-state index contributed by atoms with van der Waals surface area (Å²) in [5.74, 6) is -0.349. The van der Waals surface area contributed by atoms with Crippen LogP contribution in [0.1, 0.15) is 17.9 Å². The Balaban J connectivity index is 2.27. The van der Waals surface area contributed by atoms with Crippen LogP contribution in [0.15, 0.2) is 24.3 Å². The summed E-state index contributed by atoms with van der Waals surface area (Å²) in [4.78, 5) is 11.6. The minimum absolute atomic E-state index is 0.0677. The van der Waals surface area contributed by atoms with E-state index < -0.39 is 6.04 Å². The van der Waals surface area contributed by atoms with E-state index in [-0.39, 0.29) is 11.8 Å². The zero-order chi connectivity index (χ0) is 10.8. The smallest absolute Gasteiger partial charge is 0.232 e. The molecule has 0 bridgehead atoms. The lowest BCUT2D eigenvalue weighted by molar-refractivity contribution is -0.117. The summed E-state index contributed by atoms with van der Waals surface area (Å²) in [6, 6.07) is 8.84. The molecule has 1 heterocycles. The van der Waals surface area contributed by atoms with E-state index in [2.05, 4.69) is 5.32 Å². The van der Waals surface area contributed by atoms with Gasteiger partial charge in [0, 0.05) is 5.69 Å². The molecular weight excluding hydrogens is 190 g/mol. The molecule has 2 unspecified atom stereocenters. The quantitative estimate of drug-likeness (QED) is 0.748. The fourth-order valence-corrected chi connectivity index (χ4v) is 1.82. The highest BCUT2D eigenvalue weighted by Gasteiger charge is 2.31. The zero-order valence-corrected chi connectivity index (χ0v) is 8.10. The van der Waals surface area contributed by atoms with E-state index in [0.717, 1.165) is 11.3 Å². The third-order valence-electron chi connectivity index (χ3n) is 2.57. The molecule has 2 atom stereocenters. The van der Waals surface area contributed by atoms with Crippen molar-refractivity contribution in [1.29, 1.82) is 5.26 Å². The minimum Gasteiger partial charge on any atom is -0.325 e. The summed E-state index contributed by atoms with van der Waals surface area (Å²) in [7, 11) is 0. The number of carbonyl (C=O) groups is 1. The average Bonchev–Trinajstić information content (AvgIpc) is 2.55. The second-order valence-electron chi connectivity index (χ2n) is 3.60. The van der Waals surface area contributed by atoms with Gasteiger partial charge < -0.3 is 11.1 Å². The van der Waals surface area contributed by atoms with Gasteiger partial charge in [-0.2, -0.15) is 5.26 Å². The van der Waals surface area contributed by atoms with E-state index in [1.807, 2.05) is 30.3 Å². The van der Waals surface area contributed by atoms with Crippen LogP contribution in [-0.2, 0) is 4.79 Å². The van der Waals surface area contributed by atoms with E-state index in [9.17, 15) is 4.79 Å². The van der Waals surface area contributed by atoms with Crippen LogP contribution < -0.4 is 11.1 Å². The van der Waals surface area contributed by atoms with Crippen LogP contribution >= 0.6 is 0 Å². The minimum atomic E-state index is -0.591. The fraction of sp³-hybridized carbons (Fsp3) is 0.273. The molecule has 0 saturated heterocycles. The lowest BCUT2D eigenvalue weighted by Crippen LogP contribution is -2.24. The summed E-state index contributed by atoms with van der Waals surface area (Å²) in [5, 5.41) is 11.4. The number of anilines is 1. The number of nitrogens with one attached hydrogen (secondary N) is 1. The van der Waals surface area contributed by atoms with Gasteiger partial charge in [0.05, 0.1) is 18.0 Å². The molecule has 15 heavy (non-hydrogen) atoms. The van der Waals surface area contributed by atoms with Crippen molar-refractivity contribution in [2.45, 2.75) is 18.4 Å². The Kier molecular flexibility index (Phi) is 2.40. The van der Waals surface area contributed by atoms with Gasteiger partial charge >= 0.3 is 0 Å². The molecule has 0 fully saturated rings. The van der Waals surface area contributed by atoms with Gasteiger partial charge in [-0.25, -0.2) is 0 Å². The monoisotopic (exact) mass is 201 g/mol. The normalized spacial score (nSPS) is 20.3. The van der Waals surface area contributed by atoms with E-state index in [1.54, 1.807) is 0 Å². The Morgan fingerprint density at radius 3 is 3.00 bits per heavy atom. The molecule has 1 amide bonds. The summed E-state index contributed by atoms with van der Waals surface area (Å²) < 4.78 is 0. The van der Waals surface area contributed by atoms with Crippen molar-refractivity contribution in [2.75, 3.05) is 5.32 Å². The molecule has 1 aliphatic rings. The highest BCUT2D eigenvalue weighted by molar-refractivity contribution is 6.02. The Labute approximate surface area is 87.7 Å². The first-order valence-electron chi connectivity index (χ1n) is 4.77. The molecule has 0 radical (unpaired) electrons. The molecule has 1 aromatic rings. The molecule has 0 spiro atoms. The number of hydrogen-bond donors (Lipinski definition) is 2. The van der Waals surface area contributed by atoms with Gasteiger partial charge in [0.15, 0.2) is 0 Å². The largest absolute Gasteiger partial charge is 0.325 e. The summed E-state index contributed by atoms with van der Waals surface area (Å²) >= 11 is 0. The fourth-order valence-electron chi connectivity index (χ4n) is 1.82. The van der Waals surface area contributed by atoms with Gasteiger partial charge in [0.1, 0.15) is 0 Å². The molecule has 4 heteroatoms. The van der Waals surface area contributed by atoms with Crippen LogP contribution in [0.2, 0.25) is 0 Å². The van der Waals surface area contributed by atoms with Crippen molar-refractivity contribution in [2.24, 2.45) is 5.73 Å². The lowest BCUT2D eigenvalue weighted by atomic mass is 9.94. The molecule has 4 nitrogen and oxygen atoms in total. The van der Waals surface area contributed by atoms with Crippen LogP contribution in [-0.4, -0.2) is 11.9 Å². The van der Waals surface area contributed by atoms with Crippen LogP contribution in [0.25, 0.3) is 0 Å². The number of nitrogens with zero attached hydrogens (tertiary/aromatic N) is 1. The van der Waals surface area contributed by atoms with E-state index in [0.29, 0.717) is 6.42 Å². The number of fused-ring (bicyclic) bond motifs is 1. The highest BCUT2D eigenvalue weighted by atomic mass is 16.2. The maximum Gasteiger partial charge on any atom is 0.232 e. The molecule has 3 N–H and O–H groups in total. The Morgan fingerprint density at radius 1 is 1.53 bits per heavy atom. The Hall–Kier alpha value is -1.86. The standard InChI is InChI=1S/C11H11N3O/c12-6-7(13)5-9-8-3-1-2-4-10(8)14-11(9)15/h1-4,7,9H,5,13H2,(H,14,15). The second kappa shape index (κ2) is 3.71. The van der Waals surface area contributed by atoms with E-state index in [4.69, 9.17) is 11.0 Å². The average molecular weight is 201 g/mol. The van der Waals surface area contributed by atoms with Crippen molar-refractivity contribution >= 4 is 11.6 Å². The van der Waals surface area contributed by atoms with E-state index in [1.165, 1.54) is 0 Å². The Morgan fingerprint density at radius 2 is 2.27 bits per heavy atom. The lowest BCUT2D eigenvalue weighted by Gasteiger charge is -2.09. The molecule has 0 saturated carbocycles. The molecule has 1 aromatic carbocycles. The van der Waals surface area contributed by atoms with Gasteiger partial charge in [-0.3, -0.25) is 4.79 Å². The number of benzene rings is 1. The maximum atomic E-state index is 11.6. The van der Waals surface area contributed by atoms with Gasteiger partial charge in [-0.05, 0) is 18.1 Å². The molecule has 0 aromatic heterocycles. The molecule has 76 valence electrons. The third-order valence-corrected chi connectivity index (χ3v) is 2.57. The molecule has 1 aliphatic heterocycles. The number of para-hydroxylation sites is 1. The summed E-state index contributed by atoms with van der Waals surface area (Å²) in [6.45, 7) is 0. The van der Waals surface area contributed by atoms with Crippen LogP contribution in [0.3, 0.4) is 0 Å². The molecule has 2 rings (SSSR count). The number of nitriles is 1. The van der Waals surface area contributed by atoms with Crippen molar-refractivity contribution in [3.05, 3.63) is 29.8 Å². The first kappa shape index (κ1) is 9.69.